The Morgan fingerprint density at radius 1 is 1.33 bits per heavy atom. The fourth-order valence-corrected chi connectivity index (χ4v) is 2.67. The monoisotopic (exact) mass is 212 g/mol. The predicted molar refractivity (Wildman–Crippen MR) is 62.0 cm³/mol. The number of ether oxygens (including phenoxy) is 1. The van der Waals surface area contributed by atoms with E-state index in [1.54, 1.807) is 0 Å². The zero-order chi connectivity index (χ0) is 10.8. The van der Waals surface area contributed by atoms with Crippen molar-refractivity contribution >= 4 is 0 Å². The van der Waals surface area contributed by atoms with E-state index < -0.39 is 0 Å². The number of nitrogens with zero attached hydrogens (tertiary/aromatic N) is 1. The van der Waals surface area contributed by atoms with Crippen LogP contribution in [0, 0.1) is 5.92 Å². The number of nitrogens with one attached hydrogen (secondary N) is 1. The van der Waals surface area contributed by atoms with Crippen LogP contribution in [0.3, 0.4) is 0 Å². The first-order chi connectivity index (χ1) is 7.24. The second-order valence-electron chi connectivity index (χ2n) is 5.07. The highest BCUT2D eigenvalue weighted by Gasteiger charge is 2.36. The van der Waals surface area contributed by atoms with E-state index in [0.29, 0.717) is 18.1 Å². The summed E-state index contributed by atoms with van der Waals surface area (Å²) in [7, 11) is 4.32. The third kappa shape index (κ3) is 2.52. The Morgan fingerprint density at radius 2 is 2.07 bits per heavy atom. The van der Waals surface area contributed by atoms with Crippen molar-refractivity contribution in [2.75, 3.05) is 27.3 Å². The van der Waals surface area contributed by atoms with Crippen LogP contribution < -0.4 is 5.32 Å². The van der Waals surface area contributed by atoms with Gasteiger partial charge in [0.2, 0.25) is 0 Å². The minimum Gasteiger partial charge on any atom is -0.380 e. The Balaban J connectivity index is 1.93. The molecule has 1 aliphatic heterocycles. The van der Waals surface area contributed by atoms with Crippen LogP contribution in [0.2, 0.25) is 0 Å². The molecule has 0 aromatic heterocycles. The van der Waals surface area contributed by atoms with Gasteiger partial charge in [-0.3, -0.25) is 4.90 Å². The van der Waals surface area contributed by atoms with E-state index in [9.17, 15) is 0 Å². The molecule has 2 aliphatic rings. The van der Waals surface area contributed by atoms with Crippen molar-refractivity contribution < 1.29 is 4.74 Å². The summed E-state index contributed by atoms with van der Waals surface area (Å²) in [6.45, 7) is 4.16. The minimum absolute atomic E-state index is 0.555. The van der Waals surface area contributed by atoms with Crippen LogP contribution in [0.25, 0.3) is 0 Å². The molecular formula is C12H24N2O. The Labute approximate surface area is 93.2 Å². The SMILES string of the molecule is CNC1CCOCC1N(C)C(C)C1CC1. The van der Waals surface area contributed by atoms with Gasteiger partial charge in [-0.1, -0.05) is 0 Å². The van der Waals surface area contributed by atoms with Gasteiger partial charge in [-0.05, 0) is 46.2 Å². The number of likely N-dealkylation sites (N-methyl/N-ethyl adjacent to an activating group) is 2. The highest BCUT2D eigenvalue weighted by Crippen LogP contribution is 2.35. The molecule has 1 N–H and O–H groups in total. The number of rotatable bonds is 4. The van der Waals surface area contributed by atoms with E-state index >= 15 is 0 Å². The topological polar surface area (TPSA) is 24.5 Å². The van der Waals surface area contributed by atoms with Crippen LogP contribution in [-0.2, 0) is 4.74 Å². The van der Waals surface area contributed by atoms with E-state index in [4.69, 9.17) is 4.74 Å². The molecule has 3 heteroatoms. The van der Waals surface area contributed by atoms with Gasteiger partial charge in [-0.15, -0.1) is 0 Å². The number of hydrogen-bond donors (Lipinski definition) is 1. The van der Waals surface area contributed by atoms with Crippen molar-refractivity contribution in [3.63, 3.8) is 0 Å². The van der Waals surface area contributed by atoms with Crippen molar-refractivity contribution in [3.05, 3.63) is 0 Å². The van der Waals surface area contributed by atoms with Crippen LogP contribution in [0.4, 0.5) is 0 Å². The molecule has 1 aliphatic carbocycles. The van der Waals surface area contributed by atoms with Crippen LogP contribution >= 0.6 is 0 Å². The van der Waals surface area contributed by atoms with Crippen molar-refractivity contribution in [2.24, 2.45) is 5.92 Å². The molecule has 0 amide bonds. The molecule has 0 aromatic carbocycles. The fraction of sp³-hybridized carbons (Fsp3) is 1.00. The molecule has 1 saturated carbocycles. The van der Waals surface area contributed by atoms with Crippen LogP contribution in [0.1, 0.15) is 26.2 Å². The average Bonchev–Trinajstić information content (AvgIpc) is 3.11. The normalized spacial score (nSPS) is 34.4. The lowest BCUT2D eigenvalue weighted by Gasteiger charge is -2.40. The third-order valence-corrected chi connectivity index (χ3v) is 4.17. The molecule has 3 nitrogen and oxygen atoms in total. The van der Waals surface area contributed by atoms with E-state index in [1.165, 1.54) is 12.8 Å². The Kier molecular flexibility index (Phi) is 3.65. The molecule has 1 heterocycles. The maximum absolute atomic E-state index is 5.60. The molecule has 0 bridgehead atoms. The van der Waals surface area contributed by atoms with Crippen molar-refractivity contribution in [3.8, 4) is 0 Å². The van der Waals surface area contributed by atoms with Gasteiger partial charge in [-0.2, -0.15) is 0 Å². The Morgan fingerprint density at radius 3 is 2.67 bits per heavy atom. The predicted octanol–water partition coefficient (Wildman–Crippen LogP) is 1.09. The summed E-state index contributed by atoms with van der Waals surface area (Å²) in [4.78, 5) is 2.53. The first kappa shape index (κ1) is 11.4. The molecule has 0 spiro atoms. The summed E-state index contributed by atoms with van der Waals surface area (Å²) < 4.78 is 5.60. The van der Waals surface area contributed by atoms with Gasteiger partial charge in [0.1, 0.15) is 0 Å². The van der Waals surface area contributed by atoms with Gasteiger partial charge in [0, 0.05) is 24.7 Å². The molecule has 1 saturated heterocycles. The van der Waals surface area contributed by atoms with E-state index in [2.05, 4.69) is 31.2 Å². The van der Waals surface area contributed by atoms with E-state index in [0.717, 1.165) is 25.6 Å². The zero-order valence-electron chi connectivity index (χ0n) is 10.2. The Bertz CT molecular complexity index is 206. The van der Waals surface area contributed by atoms with Crippen LogP contribution in [0.5, 0.6) is 0 Å². The van der Waals surface area contributed by atoms with E-state index in [1.807, 2.05) is 0 Å². The molecule has 15 heavy (non-hydrogen) atoms. The first-order valence-electron chi connectivity index (χ1n) is 6.21. The van der Waals surface area contributed by atoms with Crippen LogP contribution in [-0.4, -0.2) is 50.3 Å². The largest absolute Gasteiger partial charge is 0.380 e. The van der Waals surface area contributed by atoms with Gasteiger partial charge in [-0.25, -0.2) is 0 Å². The lowest BCUT2D eigenvalue weighted by molar-refractivity contribution is -0.00740. The second kappa shape index (κ2) is 4.81. The Hall–Kier alpha value is -0.120. The minimum atomic E-state index is 0.555. The van der Waals surface area contributed by atoms with Crippen molar-refractivity contribution in [2.45, 2.75) is 44.3 Å². The second-order valence-corrected chi connectivity index (χ2v) is 5.07. The van der Waals surface area contributed by atoms with Gasteiger partial charge < -0.3 is 10.1 Å². The number of hydrogen-bond acceptors (Lipinski definition) is 3. The highest BCUT2D eigenvalue weighted by molar-refractivity contribution is 4.92. The molecule has 0 aromatic rings. The average molecular weight is 212 g/mol. The quantitative estimate of drug-likeness (QED) is 0.755. The summed E-state index contributed by atoms with van der Waals surface area (Å²) in [5, 5.41) is 3.43. The summed E-state index contributed by atoms with van der Waals surface area (Å²) >= 11 is 0. The fourth-order valence-electron chi connectivity index (χ4n) is 2.67. The lowest BCUT2D eigenvalue weighted by atomic mass is 10.00. The first-order valence-corrected chi connectivity index (χ1v) is 6.21. The lowest BCUT2D eigenvalue weighted by Crippen LogP contribution is -2.55. The zero-order valence-corrected chi connectivity index (χ0v) is 10.2. The molecule has 3 unspecified atom stereocenters. The van der Waals surface area contributed by atoms with Gasteiger partial charge in [0.05, 0.1) is 6.61 Å². The maximum Gasteiger partial charge on any atom is 0.0637 e. The molecule has 3 atom stereocenters. The molecule has 0 radical (unpaired) electrons. The van der Waals surface area contributed by atoms with Crippen molar-refractivity contribution in [1.29, 1.82) is 0 Å². The van der Waals surface area contributed by atoms with E-state index in [-0.39, 0.29) is 0 Å². The summed E-state index contributed by atoms with van der Waals surface area (Å²) in [6.07, 6.45) is 3.98. The molecule has 88 valence electrons. The maximum atomic E-state index is 5.60. The molecule has 2 rings (SSSR count). The standard InChI is InChI=1S/C12H24N2O/c1-9(10-4-5-10)14(3)12-8-15-7-6-11(12)13-2/h9-13H,4-8H2,1-3H3. The summed E-state index contributed by atoms with van der Waals surface area (Å²) in [5.41, 5.74) is 0. The smallest absolute Gasteiger partial charge is 0.0637 e. The summed E-state index contributed by atoms with van der Waals surface area (Å²) in [5.74, 6) is 0.939. The van der Waals surface area contributed by atoms with Crippen LogP contribution in [0.15, 0.2) is 0 Å². The van der Waals surface area contributed by atoms with Crippen molar-refractivity contribution in [1.82, 2.24) is 10.2 Å². The summed E-state index contributed by atoms with van der Waals surface area (Å²) in [6, 6.07) is 1.87. The highest BCUT2D eigenvalue weighted by atomic mass is 16.5. The third-order valence-electron chi connectivity index (χ3n) is 4.17. The van der Waals surface area contributed by atoms with Gasteiger partial charge >= 0.3 is 0 Å². The molecule has 2 fully saturated rings. The van der Waals surface area contributed by atoms with Gasteiger partial charge in [0.25, 0.3) is 0 Å². The van der Waals surface area contributed by atoms with Gasteiger partial charge in [0.15, 0.2) is 0 Å². The molecular weight excluding hydrogens is 188 g/mol.